The van der Waals surface area contributed by atoms with Crippen LogP contribution in [0.3, 0.4) is 0 Å². The monoisotopic (exact) mass is 321 g/mol. The minimum absolute atomic E-state index is 0.0131. The van der Waals surface area contributed by atoms with Gasteiger partial charge in [-0.25, -0.2) is 4.79 Å². The standard InChI is InChI=1S/C16H23N3O4/c1-12-10-18(11-16(2,3)23-12)15(20)17-9-8-13-4-6-14(7-5-13)19(21)22/h4-7,12H,8-11H2,1-3H3,(H,17,20). The number of ether oxygens (including phenoxy) is 1. The third-order valence-electron chi connectivity index (χ3n) is 3.69. The fourth-order valence-electron chi connectivity index (χ4n) is 2.82. The third-order valence-corrected chi connectivity index (χ3v) is 3.69. The average molecular weight is 321 g/mol. The van der Waals surface area contributed by atoms with Gasteiger partial charge in [-0.05, 0) is 32.8 Å². The van der Waals surface area contributed by atoms with Crippen LogP contribution in [0.25, 0.3) is 0 Å². The first kappa shape index (κ1) is 17.2. The van der Waals surface area contributed by atoms with Crippen LogP contribution in [0.1, 0.15) is 26.3 Å². The fraction of sp³-hybridized carbons (Fsp3) is 0.562. The zero-order valence-electron chi connectivity index (χ0n) is 13.7. The molecule has 1 aliphatic rings. The molecule has 1 N–H and O–H groups in total. The quantitative estimate of drug-likeness (QED) is 0.681. The van der Waals surface area contributed by atoms with E-state index in [9.17, 15) is 14.9 Å². The van der Waals surface area contributed by atoms with Crippen LogP contribution in [0.4, 0.5) is 10.5 Å². The summed E-state index contributed by atoms with van der Waals surface area (Å²) in [5, 5.41) is 13.5. The van der Waals surface area contributed by atoms with Gasteiger partial charge in [0, 0.05) is 25.2 Å². The van der Waals surface area contributed by atoms with Crippen LogP contribution >= 0.6 is 0 Å². The summed E-state index contributed by atoms with van der Waals surface area (Å²) in [6, 6.07) is 6.27. The van der Waals surface area contributed by atoms with E-state index in [4.69, 9.17) is 4.74 Å². The van der Waals surface area contributed by atoms with Crippen molar-refractivity contribution in [2.75, 3.05) is 19.6 Å². The molecule has 23 heavy (non-hydrogen) atoms. The molecule has 0 radical (unpaired) electrons. The summed E-state index contributed by atoms with van der Waals surface area (Å²) in [6.45, 7) is 7.52. The van der Waals surface area contributed by atoms with Crippen LogP contribution in [0, 0.1) is 10.1 Å². The first-order chi connectivity index (χ1) is 10.8. The lowest BCUT2D eigenvalue weighted by Crippen LogP contribution is -2.56. The number of hydrogen-bond acceptors (Lipinski definition) is 4. The van der Waals surface area contributed by atoms with E-state index in [0.717, 1.165) is 5.56 Å². The van der Waals surface area contributed by atoms with E-state index in [0.29, 0.717) is 26.1 Å². The number of benzene rings is 1. The number of carbonyl (C=O) groups is 1. The predicted octanol–water partition coefficient (Wildman–Crippen LogP) is 2.35. The molecule has 1 atom stereocenters. The Labute approximate surface area is 135 Å². The van der Waals surface area contributed by atoms with Crippen molar-refractivity contribution in [2.45, 2.75) is 38.9 Å². The van der Waals surface area contributed by atoms with Gasteiger partial charge < -0.3 is 15.0 Å². The maximum atomic E-state index is 12.2. The molecule has 1 fully saturated rings. The van der Waals surface area contributed by atoms with E-state index < -0.39 is 4.92 Å². The molecule has 2 rings (SSSR count). The second kappa shape index (κ2) is 6.95. The first-order valence-corrected chi connectivity index (χ1v) is 7.71. The van der Waals surface area contributed by atoms with Gasteiger partial charge >= 0.3 is 6.03 Å². The highest BCUT2D eigenvalue weighted by Crippen LogP contribution is 2.20. The summed E-state index contributed by atoms with van der Waals surface area (Å²) in [4.78, 5) is 24.2. The Morgan fingerprint density at radius 3 is 2.65 bits per heavy atom. The Bertz CT molecular complexity index is 571. The number of nitro benzene ring substituents is 1. The van der Waals surface area contributed by atoms with Gasteiger partial charge in [-0.3, -0.25) is 10.1 Å². The fourth-order valence-corrected chi connectivity index (χ4v) is 2.82. The largest absolute Gasteiger partial charge is 0.369 e. The molecule has 2 amide bonds. The van der Waals surface area contributed by atoms with Crippen molar-refractivity contribution in [3.05, 3.63) is 39.9 Å². The highest BCUT2D eigenvalue weighted by Gasteiger charge is 2.33. The number of non-ortho nitro benzene ring substituents is 1. The molecule has 7 nitrogen and oxygen atoms in total. The van der Waals surface area contributed by atoms with Crippen molar-refractivity contribution >= 4 is 11.7 Å². The molecule has 1 aromatic carbocycles. The molecule has 1 saturated heterocycles. The molecular weight excluding hydrogens is 298 g/mol. The summed E-state index contributed by atoms with van der Waals surface area (Å²) < 4.78 is 5.78. The lowest BCUT2D eigenvalue weighted by Gasteiger charge is -2.41. The molecule has 0 saturated carbocycles. The summed E-state index contributed by atoms with van der Waals surface area (Å²) in [5.74, 6) is 0. The zero-order valence-corrected chi connectivity index (χ0v) is 13.7. The van der Waals surface area contributed by atoms with Crippen molar-refractivity contribution in [3.8, 4) is 0 Å². The maximum Gasteiger partial charge on any atom is 0.317 e. The van der Waals surface area contributed by atoms with Gasteiger partial charge in [0.05, 0.1) is 23.2 Å². The number of nitrogens with one attached hydrogen (secondary N) is 1. The number of rotatable bonds is 4. The number of hydrogen-bond donors (Lipinski definition) is 1. The van der Waals surface area contributed by atoms with Gasteiger partial charge in [-0.15, -0.1) is 0 Å². The predicted molar refractivity (Wildman–Crippen MR) is 86.4 cm³/mol. The molecule has 0 bridgehead atoms. The maximum absolute atomic E-state index is 12.2. The Hall–Kier alpha value is -2.15. The van der Waals surface area contributed by atoms with Crippen molar-refractivity contribution in [3.63, 3.8) is 0 Å². The molecule has 1 unspecified atom stereocenters. The van der Waals surface area contributed by atoms with Crippen molar-refractivity contribution < 1.29 is 14.5 Å². The smallest absolute Gasteiger partial charge is 0.317 e. The van der Waals surface area contributed by atoms with Crippen LogP contribution in [0.15, 0.2) is 24.3 Å². The van der Waals surface area contributed by atoms with Gasteiger partial charge in [-0.2, -0.15) is 0 Å². The Balaban J connectivity index is 1.81. The van der Waals surface area contributed by atoms with E-state index in [1.165, 1.54) is 12.1 Å². The molecule has 7 heteroatoms. The van der Waals surface area contributed by atoms with E-state index >= 15 is 0 Å². The van der Waals surface area contributed by atoms with E-state index in [1.807, 2.05) is 20.8 Å². The summed E-state index contributed by atoms with van der Waals surface area (Å²) in [6.07, 6.45) is 0.645. The van der Waals surface area contributed by atoms with E-state index in [1.54, 1.807) is 17.0 Å². The van der Waals surface area contributed by atoms with Crippen LogP contribution < -0.4 is 5.32 Å². The SMILES string of the molecule is CC1CN(C(=O)NCCc2ccc([N+](=O)[O-])cc2)CC(C)(C)O1. The number of urea groups is 1. The van der Waals surface area contributed by atoms with Gasteiger partial charge in [0.1, 0.15) is 0 Å². The molecule has 1 aromatic rings. The zero-order chi connectivity index (χ0) is 17.0. The van der Waals surface area contributed by atoms with Crippen LogP contribution in [-0.4, -0.2) is 47.2 Å². The molecular formula is C16H23N3O4. The Morgan fingerprint density at radius 2 is 2.09 bits per heavy atom. The normalized spacial score (nSPS) is 20.1. The first-order valence-electron chi connectivity index (χ1n) is 7.71. The topological polar surface area (TPSA) is 84.7 Å². The van der Waals surface area contributed by atoms with Gasteiger partial charge in [0.2, 0.25) is 0 Å². The van der Waals surface area contributed by atoms with Crippen LogP contribution in [0.2, 0.25) is 0 Å². The molecule has 0 aliphatic carbocycles. The van der Waals surface area contributed by atoms with Gasteiger partial charge in [0.25, 0.3) is 5.69 Å². The Morgan fingerprint density at radius 1 is 1.43 bits per heavy atom. The second-order valence-corrected chi connectivity index (χ2v) is 6.47. The van der Waals surface area contributed by atoms with Crippen molar-refractivity contribution in [2.24, 2.45) is 0 Å². The highest BCUT2D eigenvalue weighted by atomic mass is 16.6. The van der Waals surface area contributed by atoms with Crippen molar-refractivity contribution in [1.29, 1.82) is 0 Å². The summed E-state index contributed by atoms with van der Waals surface area (Å²) in [5.41, 5.74) is 0.682. The summed E-state index contributed by atoms with van der Waals surface area (Å²) in [7, 11) is 0. The molecule has 0 aromatic heterocycles. The number of carbonyl (C=O) groups excluding carboxylic acids is 1. The highest BCUT2D eigenvalue weighted by molar-refractivity contribution is 5.74. The number of amides is 2. The third kappa shape index (κ3) is 4.92. The molecule has 0 spiro atoms. The minimum Gasteiger partial charge on any atom is -0.369 e. The molecule has 126 valence electrons. The van der Waals surface area contributed by atoms with Crippen LogP contribution in [0.5, 0.6) is 0 Å². The lowest BCUT2D eigenvalue weighted by atomic mass is 10.1. The van der Waals surface area contributed by atoms with Gasteiger partial charge in [-0.1, -0.05) is 12.1 Å². The minimum atomic E-state index is -0.424. The average Bonchev–Trinajstić information content (AvgIpc) is 2.45. The van der Waals surface area contributed by atoms with Crippen molar-refractivity contribution in [1.82, 2.24) is 10.2 Å². The lowest BCUT2D eigenvalue weighted by molar-refractivity contribution is -0.384. The number of nitrogens with zero attached hydrogens (tertiary/aromatic N) is 2. The summed E-state index contributed by atoms with van der Waals surface area (Å²) >= 11 is 0. The molecule has 1 heterocycles. The van der Waals surface area contributed by atoms with Gasteiger partial charge in [0.15, 0.2) is 0 Å². The Kier molecular flexibility index (Phi) is 5.20. The number of nitro groups is 1. The van der Waals surface area contributed by atoms with Crippen LogP contribution in [-0.2, 0) is 11.2 Å². The van der Waals surface area contributed by atoms with E-state index in [2.05, 4.69) is 5.32 Å². The second-order valence-electron chi connectivity index (χ2n) is 6.47. The van der Waals surface area contributed by atoms with E-state index in [-0.39, 0.29) is 23.4 Å². The number of morpholine rings is 1. The molecule has 1 aliphatic heterocycles.